The van der Waals surface area contributed by atoms with E-state index in [1.165, 1.54) is 4.31 Å². The van der Waals surface area contributed by atoms with Gasteiger partial charge in [-0.25, -0.2) is 0 Å². The summed E-state index contributed by atoms with van der Waals surface area (Å²) in [5.41, 5.74) is 5.68. The zero-order chi connectivity index (χ0) is 13.2. The van der Waals surface area contributed by atoms with E-state index in [0.29, 0.717) is 39.4 Å². The Morgan fingerprint density at radius 3 is 2.56 bits per heavy atom. The summed E-state index contributed by atoms with van der Waals surface area (Å²) in [6, 6.07) is 0.0700. The molecule has 2 aliphatic heterocycles. The molecule has 6 nitrogen and oxygen atoms in total. The SMILES string of the molecule is CC1CCC(CN)CN1S(=O)(=O)N1CCOCC1. The van der Waals surface area contributed by atoms with E-state index in [2.05, 4.69) is 0 Å². The van der Waals surface area contributed by atoms with Crippen molar-refractivity contribution in [3.63, 3.8) is 0 Å². The highest BCUT2D eigenvalue weighted by Gasteiger charge is 2.37. The van der Waals surface area contributed by atoms with E-state index in [1.807, 2.05) is 6.92 Å². The largest absolute Gasteiger partial charge is 0.379 e. The van der Waals surface area contributed by atoms with Crippen LogP contribution < -0.4 is 5.73 Å². The van der Waals surface area contributed by atoms with E-state index in [1.54, 1.807) is 4.31 Å². The molecule has 2 unspecified atom stereocenters. The van der Waals surface area contributed by atoms with Crippen LogP contribution >= 0.6 is 0 Å². The molecule has 106 valence electrons. The van der Waals surface area contributed by atoms with Gasteiger partial charge in [0.1, 0.15) is 0 Å². The maximum atomic E-state index is 12.6. The van der Waals surface area contributed by atoms with Crippen LogP contribution in [0, 0.1) is 5.92 Å². The van der Waals surface area contributed by atoms with Crippen molar-refractivity contribution < 1.29 is 13.2 Å². The van der Waals surface area contributed by atoms with Crippen molar-refractivity contribution in [1.82, 2.24) is 8.61 Å². The standard InChI is InChI=1S/C11H23N3O3S/c1-10-2-3-11(8-12)9-14(10)18(15,16)13-4-6-17-7-5-13/h10-11H,2-9,12H2,1H3. The highest BCUT2D eigenvalue weighted by molar-refractivity contribution is 7.86. The summed E-state index contributed by atoms with van der Waals surface area (Å²) < 4.78 is 33.5. The molecule has 0 saturated carbocycles. The molecule has 2 fully saturated rings. The highest BCUT2D eigenvalue weighted by Crippen LogP contribution is 2.25. The lowest BCUT2D eigenvalue weighted by Gasteiger charge is -2.40. The second-order valence-corrected chi connectivity index (χ2v) is 7.00. The van der Waals surface area contributed by atoms with Crippen LogP contribution in [0.15, 0.2) is 0 Å². The van der Waals surface area contributed by atoms with Gasteiger partial charge in [0.05, 0.1) is 13.2 Å². The number of ether oxygens (including phenoxy) is 1. The Morgan fingerprint density at radius 2 is 1.94 bits per heavy atom. The van der Waals surface area contributed by atoms with E-state index in [-0.39, 0.29) is 12.0 Å². The zero-order valence-corrected chi connectivity index (χ0v) is 11.7. The third-order valence-corrected chi connectivity index (χ3v) is 5.97. The van der Waals surface area contributed by atoms with Crippen molar-refractivity contribution in [1.29, 1.82) is 0 Å². The summed E-state index contributed by atoms with van der Waals surface area (Å²) in [7, 11) is -3.35. The lowest BCUT2D eigenvalue weighted by atomic mass is 9.96. The first-order valence-corrected chi connectivity index (χ1v) is 8.00. The maximum Gasteiger partial charge on any atom is 0.282 e. The first-order valence-electron chi connectivity index (χ1n) is 6.60. The Bertz CT molecular complexity index is 368. The van der Waals surface area contributed by atoms with Gasteiger partial charge in [-0.15, -0.1) is 0 Å². The first kappa shape index (κ1) is 14.2. The molecule has 2 N–H and O–H groups in total. The van der Waals surface area contributed by atoms with Crippen molar-refractivity contribution in [2.75, 3.05) is 39.4 Å². The average Bonchev–Trinajstić information content (AvgIpc) is 2.40. The molecule has 7 heteroatoms. The molecule has 2 aliphatic rings. The van der Waals surface area contributed by atoms with Crippen LogP contribution in [0.4, 0.5) is 0 Å². The Morgan fingerprint density at radius 1 is 1.28 bits per heavy atom. The molecule has 0 spiro atoms. The molecular weight excluding hydrogens is 254 g/mol. The second-order valence-electron chi connectivity index (χ2n) is 5.12. The van der Waals surface area contributed by atoms with Crippen molar-refractivity contribution in [2.24, 2.45) is 11.7 Å². The Balaban J connectivity index is 2.11. The minimum absolute atomic E-state index is 0.0700. The van der Waals surface area contributed by atoms with E-state index in [9.17, 15) is 8.42 Å². The van der Waals surface area contributed by atoms with Crippen molar-refractivity contribution in [3.05, 3.63) is 0 Å². The number of morpholine rings is 1. The van der Waals surface area contributed by atoms with E-state index < -0.39 is 10.2 Å². The molecule has 2 rings (SSSR count). The van der Waals surface area contributed by atoms with Crippen LogP contribution in [0.3, 0.4) is 0 Å². The molecule has 2 atom stereocenters. The van der Waals surface area contributed by atoms with Crippen LogP contribution in [-0.4, -0.2) is 62.5 Å². The molecule has 0 amide bonds. The van der Waals surface area contributed by atoms with Gasteiger partial charge in [0.2, 0.25) is 0 Å². The maximum absolute atomic E-state index is 12.6. The van der Waals surface area contributed by atoms with Crippen LogP contribution in [0.5, 0.6) is 0 Å². The number of hydrogen-bond donors (Lipinski definition) is 1. The smallest absolute Gasteiger partial charge is 0.282 e. The molecule has 0 aliphatic carbocycles. The minimum atomic E-state index is -3.35. The van der Waals surface area contributed by atoms with Gasteiger partial charge in [0.25, 0.3) is 10.2 Å². The van der Waals surface area contributed by atoms with Gasteiger partial charge in [-0.3, -0.25) is 0 Å². The monoisotopic (exact) mass is 277 g/mol. The van der Waals surface area contributed by atoms with Gasteiger partial charge in [-0.1, -0.05) is 0 Å². The highest BCUT2D eigenvalue weighted by atomic mass is 32.2. The second kappa shape index (κ2) is 5.83. The van der Waals surface area contributed by atoms with Gasteiger partial charge in [-0.2, -0.15) is 17.0 Å². The van der Waals surface area contributed by atoms with Crippen molar-refractivity contribution in [3.8, 4) is 0 Å². The van der Waals surface area contributed by atoms with E-state index in [4.69, 9.17) is 10.5 Å². The van der Waals surface area contributed by atoms with Gasteiger partial charge in [0, 0.05) is 25.7 Å². The number of hydrogen-bond acceptors (Lipinski definition) is 4. The van der Waals surface area contributed by atoms with Crippen LogP contribution in [0.25, 0.3) is 0 Å². The topological polar surface area (TPSA) is 75.9 Å². The molecule has 2 saturated heterocycles. The molecule has 0 aromatic rings. The summed E-state index contributed by atoms with van der Waals surface area (Å²) in [5.74, 6) is 0.289. The number of nitrogens with two attached hydrogens (primary N) is 1. The fourth-order valence-corrected chi connectivity index (χ4v) is 4.45. The van der Waals surface area contributed by atoms with Crippen LogP contribution in [-0.2, 0) is 14.9 Å². The molecule has 0 aromatic heterocycles. The lowest BCUT2D eigenvalue weighted by Crippen LogP contribution is -2.54. The fourth-order valence-electron chi connectivity index (χ4n) is 2.59. The summed E-state index contributed by atoms with van der Waals surface area (Å²) in [4.78, 5) is 0. The van der Waals surface area contributed by atoms with Gasteiger partial charge < -0.3 is 10.5 Å². The first-order chi connectivity index (χ1) is 8.55. The fraction of sp³-hybridized carbons (Fsp3) is 1.00. The van der Waals surface area contributed by atoms with Crippen molar-refractivity contribution in [2.45, 2.75) is 25.8 Å². The normalized spacial score (nSPS) is 32.6. The molecule has 0 aromatic carbocycles. The van der Waals surface area contributed by atoms with Gasteiger partial charge in [0.15, 0.2) is 0 Å². The molecule has 0 bridgehead atoms. The third-order valence-electron chi connectivity index (χ3n) is 3.85. The summed E-state index contributed by atoms with van der Waals surface area (Å²) in [6.45, 7) is 4.98. The Labute approximate surface area is 109 Å². The van der Waals surface area contributed by atoms with Crippen LogP contribution in [0.1, 0.15) is 19.8 Å². The minimum Gasteiger partial charge on any atom is -0.379 e. The summed E-state index contributed by atoms with van der Waals surface area (Å²) >= 11 is 0. The number of piperidine rings is 1. The molecule has 2 heterocycles. The Kier molecular flexibility index (Phi) is 4.60. The van der Waals surface area contributed by atoms with Gasteiger partial charge >= 0.3 is 0 Å². The molecule has 18 heavy (non-hydrogen) atoms. The average molecular weight is 277 g/mol. The Hall–Kier alpha value is -0.210. The van der Waals surface area contributed by atoms with Crippen LogP contribution in [0.2, 0.25) is 0 Å². The molecule has 0 radical (unpaired) electrons. The predicted molar refractivity (Wildman–Crippen MR) is 69.3 cm³/mol. The van der Waals surface area contributed by atoms with Crippen molar-refractivity contribution >= 4 is 10.2 Å². The lowest BCUT2D eigenvalue weighted by molar-refractivity contribution is 0.0674. The predicted octanol–water partition coefficient (Wildman–Crippen LogP) is -0.377. The summed E-state index contributed by atoms with van der Waals surface area (Å²) in [6.07, 6.45) is 1.91. The number of nitrogens with zero attached hydrogens (tertiary/aromatic N) is 2. The van der Waals surface area contributed by atoms with E-state index in [0.717, 1.165) is 12.8 Å². The van der Waals surface area contributed by atoms with E-state index >= 15 is 0 Å². The quantitative estimate of drug-likeness (QED) is 0.763. The summed E-state index contributed by atoms with van der Waals surface area (Å²) in [5, 5.41) is 0. The third kappa shape index (κ3) is 2.85. The molecular formula is C11H23N3O3S. The number of rotatable bonds is 3. The van der Waals surface area contributed by atoms with Gasteiger partial charge in [-0.05, 0) is 32.2 Å². The zero-order valence-electron chi connectivity index (χ0n) is 10.9.